The Bertz CT molecular complexity index is 252. The van der Waals surface area contributed by atoms with Gasteiger partial charge in [0.25, 0.3) is 0 Å². The van der Waals surface area contributed by atoms with Crippen LogP contribution in [0.15, 0.2) is 17.7 Å². The van der Waals surface area contributed by atoms with E-state index in [-0.39, 0.29) is 21.1 Å². The number of hydrogen-bond donors (Lipinski definition) is 0. The molecule has 0 saturated carbocycles. The predicted octanol–water partition coefficient (Wildman–Crippen LogP) is 5.24. The van der Waals surface area contributed by atoms with Gasteiger partial charge in [0.2, 0.25) is 0 Å². The van der Waals surface area contributed by atoms with Crippen molar-refractivity contribution in [2.75, 3.05) is 21.3 Å². The monoisotopic (exact) mass is 523 g/mol. The summed E-state index contributed by atoms with van der Waals surface area (Å²) in [4.78, 5) is 0. The molecule has 3 nitrogen and oxygen atoms in total. The largest absolute Gasteiger partial charge is 4.00 e. The van der Waals surface area contributed by atoms with Gasteiger partial charge in [-0.05, 0) is 0 Å². The van der Waals surface area contributed by atoms with Crippen molar-refractivity contribution in [1.29, 1.82) is 0 Å². The fourth-order valence-corrected chi connectivity index (χ4v) is 2.91. The summed E-state index contributed by atoms with van der Waals surface area (Å²) in [6.07, 6.45) is 11.2. The Balaban J connectivity index is -0.000000152. The van der Waals surface area contributed by atoms with Gasteiger partial charge in [0.1, 0.15) is 0 Å². The van der Waals surface area contributed by atoms with E-state index in [9.17, 15) is 0 Å². The Labute approximate surface area is 161 Å². The molecule has 0 radical (unpaired) electrons. The van der Waals surface area contributed by atoms with Crippen molar-refractivity contribution in [1.82, 2.24) is 0 Å². The third-order valence-electron chi connectivity index (χ3n) is 2.11. The Morgan fingerprint density at radius 2 is 1.30 bits per heavy atom. The third kappa shape index (κ3) is 20.2. The molecule has 0 atom stereocenters. The molecular weight excluding hydrogens is 487 g/mol. The fraction of sp³-hybridized carbons (Fsp3) is 0.611. The van der Waals surface area contributed by atoms with E-state index in [1.807, 2.05) is 26.8 Å². The summed E-state index contributed by atoms with van der Waals surface area (Å²) in [6.45, 7) is 16.5. The van der Waals surface area contributed by atoms with Crippen LogP contribution in [0.25, 0.3) is 0 Å². The zero-order valence-corrected chi connectivity index (χ0v) is 19.1. The minimum atomic E-state index is -2.43. The van der Waals surface area contributed by atoms with Crippen LogP contribution in [0.1, 0.15) is 46.5 Å². The van der Waals surface area contributed by atoms with Crippen molar-refractivity contribution in [3.8, 4) is 0 Å². The number of allylic oxidation sites excluding steroid dienone is 4. The van der Waals surface area contributed by atoms with Crippen molar-refractivity contribution in [2.45, 2.75) is 52.5 Å². The van der Waals surface area contributed by atoms with Crippen molar-refractivity contribution >= 4 is 8.80 Å². The molecular formula is C18H36O3PtSi. The molecule has 0 heterocycles. The van der Waals surface area contributed by atoms with Gasteiger partial charge in [-0.2, -0.15) is 25.3 Å². The second-order valence-corrected chi connectivity index (χ2v) is 7.22. The second kappa shape index (κ2) is 24.5. The van der Waals surface area contributed by atoms with Crippen LogP contribution in [-0.2, 0) is 34.3 Å². The zero-order chi connectivity index (χ0) is 17.9. The normalized spacial score (nSPS) is 11.6. The maximum Gasteiger partial charge on any atom is 4.00 e. The molecule has 5 heteroatoms. The van der Waals surface area contributed by atoms with Crippen LogP contribution in [0.4, 0.5) is 0 Å². The maximum absolute atomic E-state index is 5.30. The van der Waals surface area contributed by atoms with Crippen LogP contribution in [-0.4, -0.2) is 30.1 Å². The number of hydrogen-bond acceptors (Lipinski definition) is 3. The summed E-state index contributed by atoms with van der Waals surface area (Å²) in [7, 11) is 2.44. The van der Waals surface area contributed by atoms with Crippen molar-refractivity contribution in [3.63, 3.8) is 0 Å². The minimum Gasteiger partial charge on any atom is -0.377 e. The van der Waals surface area contributed by atoms with Gasteiger partial charge in [0, 0.05) is 27.4 Å². The molecule has 0 aromatic rings. The standard InChI is InChI=1S/C9H15O3Si.3C3H7.Pt/c1-10-13(11-2,12-3)8-9-6-4-5-7-9;3*1-3-2;/h4,6H,5,8H2,1-3H3;3*1,3H2,2H3;/q4*-1;+4. The van der Waals surface area contributed by atoms with E-state index in [1.165, 1.54) is 0 Å². The molecule has 0 saturated heterocycles. The van der Waals surface area contributed by atoms with Crippen molar-refractivity contribution < 1.29 is 34.3 Å². The van der Waals surface area contributed by atoms with E-state index in [0.29, 0.717) is 6.04 Å². The summed E-state index contributed by atoms with van der Waals surface area (Å²) < 4.78 is 15.9. The molecule has 0 fully saturated rings. The van der Waals surface area contributed by atoms with Gasteiger partial charge in [0.05, 0.1) is 0 Å². The van der Waals surface area contributed by atoms with Gasteiger partial charge in [0.15, 0.2) is 0 Å². The molecule has 1 aliphatic rings. The molecule has 0 aromatic heterocycles. The van der Waals surface area contributed by atoms with Crippen LogP contribution in [0.5, 0.6) is 0 Å². The first kappa shape index (κ1) is 31.1. The van der Waals surface area contributed by atoms with E-state index >= 15 is 0 Å². The quantitative estimate of drug-likeness (QED) is 0.364. The molecule has 0 aromatic carbocycles. The Morgan fingerprint density at radius 3 is 1.52 bits per heavy atom. The summed E-state index contributed by atoms with van der Waals surface area (Å²) in [5.74, 6) is 0. The van der Waals surface area contributed by atoms with Gasteiger partial charge in [-0.3, -0.25) is 6.08 Å². The molecule has 1 rings (SSSR count). The van der Waals surface area contributed by atoms with Crippen LogP contribution in [0.2, 0.25) is 6.04 Å². The summed E-state index contributed by atoms with van der Waals surface area (Å²) in [5.41, 5.74) is 1.12. The van der Waals surface area contributed by atoms with Gasteiger partial charge >= 0.3 is 29.9 Å². The first-order valence-corrected chi connectivity index (χ1v) is 9.73. The Morgan fingerprint density at radius 1 is 0.957 bits per heavy atom. The molecule has 0 amide bonds. The SMILES string of the molecule is CO[Si](CC1=[C-]CC=C1)(OC)OC.[CH2-]CC.[CH2-]CC.[CH2-]CC.[Pt+4]. The fourth-order valence-electron chi connectivity index (χ4n) is 1.27. The smallest absolute Gasteiger partial charge is 0.377 e. The van der Waals surface area contributed by atoms with E-state index in [1.54, 1.807) is 21.3 Å². The first-order valence-electron chi connectivity index (χ1n) is 7.80. The van der Waals surface area contributed by atoms with Crippen LogP contribution >= 0.6 is 0 Å². The summed E-state index contributed by atoms with van der Waals surface area (Å²) in [6, 6.07) is 0.701. The van der Waals surface area contributed by atoms with Crippen LogP contribution in [0.3, 0.4) is 0 Å². The third-order valence-corrected chi connectivity index (χ3v) is 4.79. The minimum absolute atomic E-state index is 0. The van der Waals surface area contributed by atoms with Gasteiger partial charge in [-0.1, -0.05) is 20.8 Å². The topological polar surface area (TPSA) is 27.7 Å². The molecule has 23 heavy (non-hydrogen) atoms. The van der Waals surface area contributed by atoms with E-state index in [2.05, 4.69) is 32.9 Å². The van der Waals surface area contributed by atoms with Crippen molar-refractivity contribution in [2.24, 2.45) is 0 Å². The zero-order valence-electron chi connectivity index (χ0n) is 15.9. The average molecular weight is 524 g/mol. The van der Waals surface area contributed by atoms with Gasteiger partial charge < -0.3 is 34.0 Å². The Kier molecular flexibility index (Phi) is 33.1. The summed E-state index contributed by atoms with van der Waals surface area (Å²) in [5, 5.41) is 0. The maximum atomic E-state index is 5.30. The van der Waals surface area contributed by atoms with Crippen molar-refractivity contribution in [3.05, 3.63) is 44.6 Å². The van der Waals surface area contributed by atoms with Gasteiger partial charge in [-0.15, -0.1) is 6.42 Å². The van der Waals surface area contributed by atoms with Crippen LogP contribution in [0, 0.1) is 26.8 Å². The molecule has 0 N–H and O–H groups in total. The molecule has 0 aliphatic heterocycles. The molecule has 0 bridgehead atoms. The summed E-state index contributed by atoms with van der Waals surface area (Å²) >= 11 is 0. The van der Waals surface area contributed by atoms with E-state index < -0.39 is 8.80 Å². The number of rotatable bonds is 5. The van der Waals surface area contributed by atoms with E-state index in [0.717, 1.165) is 31.3 Å². The molecule has 140 valence electrons. The first-order chi connectivity index (χ1) is 10.5. The average Bonchev–Trinajstić information content (AvgIpc) is 3.00. The Hall–Kier alpha value is 0.265. The second-order valence-electron chi connectivity index (χ2n) is 4.28. The van der Waals surface area contributed by atoms with Gasteiger partial charge in [-0.25, -0.2) is 11.6 Å². The van der Waals surface area contributed by atoms with E-state index in [4.69, 9.17) is 13.3 Å². The molecule has 1 aliphatic carbocycles. The molecule has 0 unspecified atom stereocenters. The van der Waals surface area contributed by atoms with Crippen LogP contribution < -0.4 is 0 Å². The molecule has 0 spiro atoms. The predicted molar refractivity (Wildman–Crippen MR) is 99.0 cm³/mol.